The van der Waals surface area contributed by atoms with Crippen molar-refractivity contribution in [1.29, 1.82) is 0 Å². The molecule has 0 saturated carbocycles. The molecule has 2 atom stereocenters. The molecule has 1 aromatic rings. The average Bonchev–Trinajstić information content (AvgIpc) is 2.53. The summed E-state index contributed by atoms with van der Waals surface area (Å²) in [5.41, 5.74) is 3.44. The number of piperazine rings is 1. The normalized spacial score (nSPS) is 24.7. The summed E-state index contributed by atoms with van der Waals surface area (Å²) in [6, 6.07) is 2.75. The highest BCUT2D eigenvalue weighted by molar-refractivity contribution is 5.48. The van der Waals surface area contributed by atoms with E-state index in [1.54, 1.807) is 7.11 Å². The van der Waals surface area contributed by atoms with E-state index >= 15 is 0 Å². The summed E-state index contributed by atoms with van der Waals surface area (Å²) in [5.74, 6) is 0. The Balaban J connectivity index is 1.73. The molecular weight excluding hydrogens is 266 g/mol. The minimum Gasteiger partial charge on any atom is -0.378 e. The van der Waals surface area contributed by atoms with Gasteiger partial charge in [0.25, 0.3) is 0 Å². The zero-order chi connectivity index (χ0) is 14.8. The average molecular weight is 291 g/mol. The third kappa shape index (κ3) is 3.05. The Bertz CT molecular complexity index is 494. The number of nitrogens with zero attached hydrogens (tertiary/aromatic N) is 3. The Kier molecular flexibility index (Phi) is 4.42. The minimum atomic E-state index is 0.0441. The number of hydrogen-bond donors (Lipinski definition) is 0. The van der Waals surface area contributed by atoms with Crippen molar-refractivity contribution in [2.45, 2.75) is 26.0 Å². The molecule has 5 nitrogen and oxygen atoms in total. The van der Waals surface area contributed by atoms with Gasteiger partial charge in [0, 0.05) is 33.3 Å². The van der Waals surface area contributed by atoms with Crippen LogP contribution in [0.1, 0.15) is 24.3 Å². The molecule has 116 valence electrons. The van der Waals surface area contributed by atoms with Gasteiger partial charge in [-0.3, -0.25) is 9.88 Å². The summed E-state index contributed by atoms with van der Waals surface area (Å²) in [7, 11) is 1.72. The van der Waals surface area contributed by atoms with E-state index in [-0.39, 0.29) is 6.10 Å². The second-order valence-corrected chi connectivity index (χ2v) is 5.98. The SMILES string of the molecule is COC(C)c1ncc(N2CCN3CCOCC3C2)cc1C. The molecule has 5 heteroatoms. The lowest BCUT2D eigenvalue weighted by atomic mass is 10.1. The quantitative estimate of drug-likeness (QED) is 0.846. The third-order valence-corrected chi connectivity index (χ3v) is 4.65. The van der Waals surface area contributed by atoms with Gasteiger partial charge in [-0.15, -0.1) is 0 Å². The number of anilines is 1. The fourth-order valence-electron chi connectivity index (χ4n) is 3.26. The van der Waals surface area contributed by atoms with Crippen molar-refractivity contribution in [3.8, 4) is 0 Å². The fourth-order valence-corrected chi connectivity index (χ4v) is 3.26. The zero-order valence-corrected chi connectivity index (χ0v) is 13.2. The van der Waals surface area contributed by atoms with Crippen molar-refractivity contribution in [2.75, 3.05) is 51.4 Å². The predicted octanol–water partition coefficient (Wildman–Crippen LogP) is 1.62. The van der Waals surface area contributed by atoms with Gasteiger partial charge in [0.2, 0.25) is 0 Å². The van der Waals surface area contributed by atoms with Crippen molar-refractivity contribution < 1.29 is 9.47 Å². The van der Waals surface area contributed by atoms with Crippen LogP contribution in [0.3, 0.4) is 0 Å². The van der Waals surface area contributed by atoms with Gasteiger partial charge in [-0.05, 0) is 25.5 Å². The van der Waals surface area contributed by atoms with Crippen LogP contribution in [0.5, 0.6) is 0 Å². The number of rotatable bonds is 3. The van der Waals surface area contributed by atoms with Crippen LogP contribution in [0.2, 0.25) is 0 Å². The van der Waals surface area contributed by atoms with Crippen LogP contribution < -0.4 is 4.90 Å². The molecule has 3 rings (SSSR count). The van der Waals surface area contributed by atoms with Crippen LogP contribution in [0.25, 0.3) is 0 Å². The van der Waals surface area contributed by atoms with Crippen LogP contribution in [-0.4, -0.2) is 62.4 Å². The van der Waals surface area contributed by atoms with E-state index in [9.17, 15) is 0 Å². The number of fused-ring (bicyclic) bond motifs is 1. The van der Waals surface area contributed by atoms with E-state index in [1.165, 1.54) is 11.3 Å². The molecule has 0 aliphatic carbocycles. The maximum absolute atomic E-state index is 5.61. The van der Waals surface area contributed by atoms with Gasteiger partial charge >= 0.3 is 0 Å². The smallest absolute Gasteiger partial charge is 0.0965 e. The predicted molar refractivity (Wildman–Crippen MR) is 82.8 cm³/mol. The Morgan fingerprint density at radius 2 is 2.24 bits per heavy atom. The number of pyridine rings is 1. The number of aromatic nitrogens is 1. The Labute approximate surface area is 126 Å². The van der Waals surface area contributed by atoms with Crippen LogP contribution in [0.15, 0.2) is 12.3 Å². The molecule has 3 heterocycles. The molecule has 0 spiro atoms. The number of methoxy groups -OCH3 is 1. The molecule has 2 fully saturated rings. The Morgan fingerprint density at radius 3 is 3.00 bits per heavy atom. The number of hydrogen-bond acceptors (Lipinski definition) is 5. The standard InChI is InChI=1S/C16H25N3O2/c1-12-8-14(9-17-16(12)13(2)20-3)19-5-4-18-6-7-21-11-15(18)10-19/h8-9,13,15H,4-7,10-11H2,1-3H3. The summed E-state index contributed by atoms with van der Waals surface area (Å²) in [6.45, 7) is 10.2. The first-order chi connectivity index (χ1) is 10.2. The van der Waals surface area contributed by atoms with E-state index in [0.717, 1.165) is 45.1 Å². The summed E-state index contributed by atoms with van der Waals surface area (Å²) >= 11 is 0. The second kappa shape index (κ2) is 6.30. The molecule has 0 radical (unpaired) electrons. The second-order valence-electron chi connectivity index (χ2n) is 5.98. The van der Waals surface area contributed by atoms with Crippen LogP contribution in [-0.2, 0) is 9.47 Å². The van der Waals surface area contributed by atoms with Crippen LogP contribution >= 0.6 is 0 Å². The van der Waals surface area contributed by atoms with Crippen molar-refractivity contribution in [2.24, 2.45) is 0 Å². The largest absolute Gasteiger partial charge is 0.378 e. The summed E-state index contributed by atoms with van der Waals surface area (Å²) in [5, 5.41) is 0. The molecule has 2 aliphatic rings. The van der Waals surface area contributed by atoms with Crippen molar-refractivity contribution in [3.63, 3.8) is 0 Å². The summed E-state index contributed by atoms with van der Waals surface area (Å²) < 4.78 is 11.0. The molecule has 0 aromatic carbocycles. The van der Waals surface area contributed by atoms with E-state index in [4.69, 9.17) is 9.47 Å². The van der Waals surface area contributed by atoms with Gasteiger partial charge < -0.3 is 14.4 Å². The zero-order valence-electron chi connectivity index (χ0n) is 13.2. The highest BCUT2D eigenvalue weighted by Crippen LogP contribution is 2.25. The van der Waals surface area contributed by atoms with Gasteiger partial charge in [0.15, 0.2) is 0 Å². The molecule has 0 amide bonds. The van der Waals surface area contributed by atoms with E-state index in [1.807, 2.05) is 13.1 Å². The van der Waals surface area contributed by atoms with Gasteiger partial charge in [0.05, 0.1) is 42.9 Å². The number of morpholine rings is 1. The molecular formula is C16H25N3O2. The Morgan fingerprint density at radius 1 is 1.38 bits per heavy atom. The van der Waals surface area contributed by atoms with Gasteiger partial charge in [-0.25, -0.2) is 0 Å². The molecule has 2 saturated heterocycles. The number of aryl methyl sites for hydroxylation is 1. The molecule has 21 heavy (non-hydrogen) atoms. The molecule has 2 aliphatic heterocycles. The van der Waals surface area contributed by atoms with Crippen molar-refractivity contribution in [1.82, 2.24) is 9.88 Å². The monoisotopic (exact) mass is 291 g/mol. The van der Waals surface area contributed by atoms with Crippen LogP contribution in [0, 0.1) is 6.92 Å². The molecule has 2 unspecified atom stereocenters. The third-order valence-electron chi connectivity index (χ3n) is 4.65. The minimum absolute atomic E-state index is 0.0441. The highest BCUT2D eigenvalue weighted by atomic mass is 16.5. The van der Waals surface area contributed by atoms with Gasteiger partial charge in [0.1, 0.15) is 0 Å². The lowest BCUT2D eigenvalue weighted by Gasteiger charge is -2.44. The first kappa shape index (κ1) is 14.8. The topological polar surface area (TPSA) is 37.8 Å². The van der Waals surface area contributed by atoms with E-state index in [2.05, 4.69) is 27.8 Å². The molecule has 0 bridgehead atoms. The first-order valence-electron chi connectivity index (χ1n) is 7.75. The van der Waals surface area contributed by atoms with Crippen LogP contribution in [0.4, 0.5) is 5.69 Å². The summed E-state index contributed by atoms with van der Waals surface area (Å²) in [6.07, 6.45) is 2.03. The fraction of sp³-hybridized carbons (Fsp3) is 0.688. The highest BCUT2D eigenvalue weighted by Gasteiger charge is 2.29. The lowest BCUT2D eigenvalue weighted by molar-refractivity contribution is -0.0117. The lowest BCUT2D eigenvalue weighted by Crippen LogP contribution is -2.58. The van der Waals surface area contributed by atoms with E-state index < -0.39 is 0 Å². The van der Waals surface area contributed by atoms with Gasteiger partial charge in [-0.2, -0.15) is 0 Å². The maximum atomic E-state index is 5.61. The van der Waals surface area contributed by atoms with Crippen molar-refractivity contribution in [3.05, 3.63) is 23.5 Å². The Hall–Kier alpha value is -1.17. The maximum Gasteiger partial charge on any atom is 0.0965 e. The van der Waals surface area contributed by atoms with Gasteiger partial charge in [-0.1, -0.05) is 0 Å². The summed E-state index contributed by atoms with van der Waals surface area (Å²) in [4.78, 5) is 9.59. The molecule has 1 aromatic heterocycles. The van der Waals surface area contributed by atoms with E-state index in [0.29, 0.717) is 6.04 Å². The number of ether oxygens (including phenoxy) is 2. The van der Waals surface area contributed by atoms with Crippen molar-refractivity contribution >= 4 is 5.69 Å². The first-order valence-corrected chi connectivity index (χ1v) is 7.75. The molecule has 0 N–H and O–H groups in total.